The number of nitrogens with zero attached hydrogens (tertiary/aromatic N) is 1. The summed E-state index contributed by atoms with van der Waals surface area (Å²) in [6.07, 6.45) is 2.36. The van der Waals surface area contributed by atoms with Gasteiger partial charge in [0.25, 0.3) is 5.91 Å². The highest BCUT2D eigenvalue weighted by Gasteiger charge is 2.08. The van der Waals surface area contributed by atoms with Crippen molar-refractivity contribution < 1.29 is 14.3 Å². The first-order valence-electron chi connectivity index (χ1n) is 9.42. The van der Waals surface area contributed by atoms with Gasteiger partial charge in [-0.25, -0.2) is 4.98 Å². The molecule has 1 heterocycles. The summed E-state index contributed by atoms with van der Waals surface area (Å²) in [7, 11) is 3.29. The highest BCUT2D eigenvalue weighted by Crippen LogP contribution is 2.18. The first-order chi connectivity index (χ1) is 14.2. The zero-order valence-corrected chi connectivity index (χ0v) is 16.6. The van der Waals surface area contributed by atoms with E-state index in [2.05, 4.69) is 15.6 Å². The van der Waals surface area contributed by atoms with Gasteiger partial charge in [-0.2, -0.15) is 0 Å². The van der Waals surface area contributed by atoms with Gasteiger partial charge in [0.1, 0.15) is 17.3 Å². The van der Waals surface area contributed by atoms with Gasteiger partial charge in [-0.05, 0) is 42.3 Å². The molecule has 2 aromatic carbocycles. The monoisotopic (exact) mass is 391 g/mol. The molecule has 0 spiro atoms. The van der Waals surface area contributed by atoms with Crippen LogP contribution < -0.4 is 20.1 Å². The topological polar surface area (TPSA) is 72.5 Å². The van der Waals surface area contributed by atoms with Crippen LogP contribution in [-0.4, -0.2) is 31.7 Å². The number of amides is 1. The molecule has 0 radical (unpaired) electrons. The van der Waals surface area contributed by atoms with Crippen molar-refractivity contribution in [3.05, 3.63) is 83.6 Å². The maximum absolute atomic E-state index is 12.5. The Morgan fingerprint density at radius 2 is 1.86 bits per heavy atom. The molecule has 0 fully saturated rings. The molecule has 3 aromatic rings. The molecule has 3 rings (SSSR count). The number of pyridine rings is 1. The Labute approximate surface area is 170 Å². The lowest BCUT2D eigenvalue weighted by Crippen LogP contribution is -2.25. The van der Waals surface area contributed by atoms with E-state index in [9.17, 15) is 4.79 Å². The summed E-state index contributed by atoms with van der Waals surface area (Å²) in [4.78, 5) is 16.8. The van der Waals surface area contributed by atoms with Gasteiger partial charge in [0, 0.05) is 30.4 Å². The van der Waals surface area contributed by atoms with Crippen LogP contribution in [0, 0.1) is 0 Å². The minimum atomic E-state index is -0.129. The number of anilines is 1. The second-order valence-corrected chi connectivity index (χ2v) is 6.45. The number of ether oxygens (including phenoxy) is 2. The van der Waals surface area contributed by atoms with Crippen molar-refractivity contribution in [3.63, 3.8) is 0 Å². The van der Waals surface area contributed by atoms with Crippen molar-refractivity contribution in [2.24, 2.45) is 0 Å². The third-order valence-corrected chi connectivity index (χ3v) is 4.51. The Bertz CT molecular complexity index is 959. The number of methoxy groups -OCH3 is 2. The lowest BCUT2D eigenvalue weighted by Gasteiger charge is -2.11. The maximum Gasteiger partial charge on any atom is 0.251 e. The number of carbonyl (C=O) groups excluding carboxylic acids is 1. The molecule has 6 heteroatoms. The highest BCUT2D eigenvalue weighted by atomic mass is 16.5. The summed E-state index contributed by atoms with van der Waals surface area (Å²) in [5.41, 5.74) is 2.69. The molecule has 0 saturated heterocycles. The molecular weight excluding hydrogens is 366 g/mol. The summed E-state index contributed by atoms with van der Waals surface area (Å²) in [5.74, 6) is 2.13. The van der Waals surface area contributed by atoms with Crippen LogP contribution in [0.15, 0.2) is 66.9 Å². The van der Waals surface area contributed by atoms with E-state index in [0.717, 1.165) is 29.0 Å². The van der Waals surface area contributed by atoms with Crippen molar-refractivity contribution in [2.75, 3.05) is 26.1 Å². The van der Waals surface area contributed by atoms with Gasteiger partial charge in [0.2, 0.25) is 0 Å². The van der Waals surface area contributed by atoms with Gasteiger partial charge in [-0.15, -0.1) is 0 Å². The van der Waals surface area contributed by atoms with E-state index in [0.29, 0.717) is 24.5 Å². The first kappa shape index (κ1) is 20.2. The maximum atomic E-state index is 12.5. The number of aromatic nitrogens is 1. The molecule has 1 aromatic heterocycles. The number of rotatable bonds is 9. The normalized spacial score (nSPS) is 10.3. The fourth-order valence-electron chi connectivity index (χ4n) is 2.95. The van der Waals surface area contributed by atoms with Crippen LogP contribution in [-0.2, 0) is 13.0 Å². The second-order valence-electron chi connectivity index (χ2n) is 6.45. The number of hydrogen-bond donors (Lipinski definition) is 2. The molecule has 2 N–H and O–H groups in total. The van der Waals surface area contributed by atoms with Crippen LogP contribution in [0.2, 0.25) is 0 Å². The molecule has 0 aliphatic carbocycles. The van der Waals surface area contributed by atoms with Gasteiger partial charge in [0.15, 0.2) is 0 Å². The molecule has 0 aliphatic rings. The molecular formula is C23H25N3O3. The van der Waals surface area contributed by atoms with E-state index in [1.165, 1.54) is 0 Å². The standard InChI is InChI=1S/C23H25N3O3/c1-28-20-8-5-6-17(14-20)10-12-25-23(27)18-11-13-24-22(15-18)26-16-19-7-3-4-9-21(19)29-2/h3-9,11,13-15H,10,12,16H2,1-2H3,(H,24,26)(H,25,27). The first-order valence-corrected chi connectivity index (χ1v) is 9.42. The largest absolute Gasteiger partial charge is 0.497 e. The van der Waals surface area contributed by atoms with Gasteiger partial charge < -0.3 is 20.1 Å². The number of para-hydroxylation sites is 1. The zero-order chi connectivity index (χ0) is 20.5. The highest BCUT2D eigenvalue weighted by molar-refractivity contribution is 5.94. The lowest BCUT2D eigenvalue weighted by molar-refractivity contribution is 0.0954. The average molecular weight is 391 g/mol. The Morgan fingerprint density at radius 1 is 1.00 bits per heavy atom. The predicted molar refractivity (Wildman–Crippen MR) is 114 cm³/mol. The van der Waals surface area contributed by atoms with Crippen LogP contribution in [0.5, 0.6) is 11.5 Å². The smallest absolute Gasteiger partial charge is 0.251 e. The van der Waals surface area contributed by atoms with E-state index in [-0.39, 0.29) is 5.91 Å². The van der Waals surface area contributed by atoms with E-state index < -0.39 is 0 Å². The van der Waals surface area contributed by atoms with Crippen LogP contribution >= 0.6 is 0 Å². The van der Waals surface area contributed by atoms with Crippen molar-refractivity contribution in [2.45, 2.75) is 13.0 Å². The summed E-state index contributed by atoms with van der Waals surface area (Å²) >= 11 is 0. The fraction of sp³-hybridized carbons (Fsp3) is 0.217. The fourth-order valence-corrected chi connectivity index (χ4v) is 2.95. The molecule has 0 bridgehead atoms. The minimum absolute atomic E-state index is 0.129. The van der Waals surface area contributed by atoms with Gasteiger partial charge in [0.05, 0.1) is 14.2 Å². The number of carbonyl (C=O) groups is 1. The third-order valence-electron chi connectivity index (χ3n) is 4.51. The van der Waals surface area contributed by atoms with Crippen LogP contribution in [0.25, 0.3) is 0 Å². The zero-order valence-electron chi connectivity index (χ0n) is 16.6. The predicted octanol–water partition coefficient (Wildman–Crippen LogP) is 3.68. The Morgan fingerprint density at radius 3 is 2.69 bits per heavy atom. The molecule has 0 unspecified atom stereocenters. The molecule has 1 amide bonds. The molecule has 0 aliphatic heterocycles. The summed E-state index contributed by atoms with van der Waals surface area (Å²) in [6.45, 7) is 1.09. The summed E-state index contributed by atoms with van der Waals surface area (Å²) < 4.78 is 10.6. The lowest BCUT2D eigenvalue weighted by atomic mass is 10.1. The molecule has 150 valence electrons. The van der Waals surface area contributed by atoms with Crippen molar-refractivity contribution in [1.82, 2.24) is 10.3 Å². The van der Waals surface area contributed by atoms with E-state index in [1.807, 2.05) is 48.5 Å². The van der Waals surface area contributed by atoms with E-state index in [1.54, 1.807) is 32.5 Å². The van der Waals surface area contributed by atoms with E-state index in [4.69, 9.17) is 9.47 Å². The Balaban J connectivity index is 1.54. The number of hydrogen-bond acceptors (Lipinski definition) is 5. The SMILES string of the molecule is COc1cccc(CCNC(=O)c2ccnc(NCc3ccccc3OC)c2)c1. The number of benzene rings is 2. The van der Waals surface area contributed by atoms with Crippen LogP contribution in [0.4, 0.5) is 5.82 Å². The van der Waals surface area contributed by atoms with Gasteiger partial charge in [-0.1, -0.05) is 30.3 Å². The average Bonchev–Trinajstić information content (AvgIpc) is 2.78. The van der Waals surface area contributed by atoms with Crippen molar-refractivity contribution in [1.29, 1.82) is 0 Å². The van der Waals surface area contributed by atoms with Gasteiger partial charge in [-0.3, -0.25) is 4.79 Å². The van der Waals surface area contributed by atoms with Crippen LogP contribution in [0.3, 0.4) is 0 Å². The molecule has 29 heavy (non-hydrogen) atoms. The summed E-state index contributed by atoms with van der Waals surface area (Å²) in [5, 5.41) is 6.19. The Kier molecular flexibility index (Phi) is 7.05. The summed E-state index contributed by atoms with van der Waals surface area (Å²) in [6, 6.07) is 19.1. The number of nitrogens with one attached hydrogen (secondary N) is 2. The van der Waals surface area contributed by atoms with E-state index >= 15 is 0 Å². The quantitative estimate of drug-likeness (QED) is 0.582. The third kappa shape index (κ3) is 5.72. The molecule has 6 nitrogen and oxygen atoms in total. The molecule has 0 saturated carbocycles. The van der Waals surface area contributed by atoms with Crippen LogP contribution in [0.1, 0.15) is 21.5 Å². The second kappa shape index (κ2) is 10.1. The van der Waals surface area contributed by atoms with Crippen molar-refractivity contribution in [3.8, 4) is 11.5 Å². The van der Waals surface area contributed by atoms with Crippen molar-refractivity contribution >= 4 is 11.7 Å². The molecule has 0 atom stereocenters. The van der Waals surface area contributed by atoms with Gasteiger partial charge >= 0.3 is 0 Å². The Hall–Kier alpha value is -3.54. The minimum Gasteiger partial charge on any atom is -0.497 e.